The van der Waals surface area contributed by atoms with Gasteiger partial charge in [0, 0.05) is 24.5 Å². The minimum atomic E-state index is -0.688. The van der Waals surface area contributed by atoms with Gasteiger partial charge in [-0.1, -0.05) is 13.8 Å². The van der Waals surface area contributed by atoms with Crippen molar-refractivity contribution >= 4 is 17.4 Å². The molecule has 3 heterocycles. The van der Waals surface area contributed by atoms with Crippen LogP contribution in [0.4, 0.5) is 0 Å². The highest BCUT2D eigenvalue weighted by Gasteiger charge is 2.45. The Morgan fingerprint density at radius 1 is 1.09 bits per heavy atom. The third-order valence-electron chi connectivity index (χ3n) is 6.15. The molecule has 1 fully saturated rings. The molecular formula is C25H29N3O5. The van der Waals surface area contributed by atoms with E-state index in [2.05, 4.69) is 23.7 Å². The van der Waals surface area contributed by atoms with Crippen molar-refractivity contribution in [2.45, 2.75) is 26.3 Å². The van der Waals surface area contributed by atoms with Crippen molar-refractivity contribution in [2.24, 2.45) is 0 Å². The number of ether oxygens (including phenoxy) is 2. The molecule has 1 amide bonds. The molecule has 8 nitrogen and oxygen atoms in total. The number of hydrogen-bond donors (Lipinski definition) is 1. The van der Waals surface area contributed by atoms with Gasteiger partial charge in [0.1, 0.15) is 19.0 Å². The average molecular weight is 452 g/mol. The molecule has 1 aromatic carbocycles. The maximum Gasteiger partial charge on any atom is 0.295 e. The van der Waals surface area contributed by atoms with Crippen LogP contribution >= 0.6 is 0 Å². The van der Waals surface area contributed by atoms with Gasteiger partial charge in [-0.15, -0.1) is 0 Å². The Balaban J connectivity index is 1.71. The number of aliphatic hydroxyl groups excluding tert-OH is 1. The molecule has 0 radical (unpaired) electrons. The molecule has 0 aliphatic carbocycles. The van der Waals surface area contributed by atoms with E-state index in [9.17, 15) is 14.7 Å². The summed E-state index contributed by atoms with van der Waals surface area (Å²) in [6.45, 7) is 8.14. The molecule has 174 valence electrons. The first-order valence-corrected chi connectivity index (χ1v) is 11.4. The predicted molar refractivity (Wildman–Crippen MR) is 123 cm³/mol. The zero-order valence-electron chi connectivity index (χ0n) is 19.0. The fourth-order valence-corrected chi connectivity index (χ4v) is 4.35. The van der Waals surface area contributed by atoms with Crippen molar-refractivity contribution in [1.29, 1.82) is 0 Å². The highest BCUT2D eigenvalue weighted by Crippen LogP contribution is 2.41. The minimum Gasteiger partial charge on any atom is -0.507 e. The topological polar surface area (TPSA) is 92.2 Å². The second-order valence-corrected chi connectivity index (χ2v) is 8.01. The zero-order valence-corrected chi connectivity index (χ0v) is 19.0. The fourth-order valence-electron chi connectivity index (χ4n) is 4.35. The largest absolute Gasteiger partial charge is 0.507 e. The molecular weight excluding hydrogens is 422 g/mol. The standard InChI is InChI=1S/C25H29N3O5/c1-3-27(4-2)12-5-13-28-22(17-8-10-26-11-9-17)21(24(30)25(28)31)23(29)18-6-7-19-20(16-18)33-15-14-32-19/h6-11,16,22,29H,3-5,12-15H2,1-2H3/t22-/m0/s1. The van der Waals surface area contributed by atoms with E-state index in [1.54, 1.807) is 47.6 Å². The van der Waals surface area contributed by atoms with Crippen LogP contribution in [-0.4, -0.2) is 71.0 Å². The van der Waals surface area contributed by atoms with Crippen LogP contribution in [0.15, 0.2) is 48.3 Å². The number of hydrogen-bond acceptors (Lipinski definition) is 7. The van der Waals surface area contributed by atoms with Crippen LogP contribution in [0, 0.1) is 0 Å². The van der Waals surface area contributed by atoms with Gasteiger partial charge in [0.05, 0.1) is 11.6 Å². The number of benzene rings is 1. The van der Waals surface area contributed by atoms with Crippen molar-refractivity contribution in [3.05, 3.63) is 59.4 Å². The number of nitrogens with zero attached hydrogens (tertiary/aromatic N) is 3. The highest BCUT2D eigenvalue weighted by molar-refractivity contribution is 6.46. The number of fused-ring (bicyclic) bond motifs is 1. The maximum atomic E-state index is 13.1. The molecule has 8 heteroatoms. The molecule has 0 unspecified atom stereocenters. The first-order chi connectivity index (χ1) is 16.0. The average Bonchev–Trinajstić information content (AvgIpc) is 3.11. The van der Waals surface area contributed by atoms with Gasteiger partial charge in [-0.25, -0.2) is 0 Å². The number of rotatable bonds is 8. The summed E-state index contributed by atoms with van der Waals surface area (Å²) < 4.78 is 11.2. The normalized spacial score (nSPS) is 19.4. The molecule has 1 saturated heterocycles. The Kier molecular flexibility index (Phi) is 6.93. The van der Waals surface area contributed by atoms with Crippen LogP contribution in [0.2, 0.25) is 0 Å². The monoisotopic (exact) mass is 451 g/mol. The van der Waals surface area contributed by atoms with Crippen LogP contribution in [0.3, 0.4) is 0 Å². The second kappa shape index (κ2) is 10.0. The Bertz CT molecular complexity index is 1050. The lowest BCUT2D eigenvalue weighted by Gasteiger charge is -2.26. The first-order valence-electron chi connectivity index (χ1n) is 11.4. The molecule has 1 aromatic heterocycles. The van der Waals surface area contributed by atoms with E-state index in [1.165, 1.54) is 0 Å². The van der Waals surface area contributed by atoms with E-state index in [0.717, 1.165) is 31.6 Å². The van der Waals surface area contributed by atoms with Crippen LogP contribution in [0.5, 0.6) is 11.5 Å². The molecule has 33 heavy (non-hydrogen) atoms. The summed E-state index contributed by atoms with van der Waals surface area (Å²) in [5.41, 5.74) is 1.20. The van der Waals surface area contributed by atoms with Gasteiger partial charge >= 0.3 is 0 Å². The summed E-state index contributed by atoms with van der Waals surface area (Å²) in [5.74, 6) is -0.430. The molecule has 2 aliphatic rings. The van der Waals surface area contributed by atoms with Crippen LogP contribution in [-0.2, 0) is 9.59 Å². The molecule has 2 aromatic rings. The summed E-state index contributed by atoms with van der Waals surface area (Å²) >= 11 is 0. The van der Waals surface area contributed by atoms with E-state index < -0.39 is 17.7 Å². The second-order valence-electron chi connectivity index (χ2n) is 8.01. The lowest BCUT2D eigenvalue weighted by atomic mass is 9.95. The molecule has 1 N–H and O–H groups in total. The minimum absolute atomic E-state index is 0.0747. The Hall–Kier alpha value is -3.39. The lowest BCUT2D eigenvalue weighted by Crippen LogP contribution is -2.33. The zero-order chi connectivity index (χ0) is 23.4. The lowest BCUT2D eigenvalue weighted by molar-refractivity contribution is -0.140. The van der Waals surface area contributed by atoms with Crippen LogP contribution < -0.4 is 9.47 Å². The molecule has 0 bridgehead atoms. The summed E-state index contributed by atoms with van der Waals surface area (Å²) in [7, 11) is 0. The third-order valence-corrected chi connectivity index (χ3v) is 6.15. The number of likely N-dealkylation sites (tertiary alicyclic amines) is 1. The number of aliphatic hydroxyl groups is 1. The molecule has 0 saturated carbocycles. The summed E-state index contributed by atoms with van der Waals surface area (Å²) in [5, 5.41) is 11.2. The smallest absolute Gasteiger partial charge is 0.295 e. The molecule has 2 aliphatic heterocycles. The van der Waals surface area contributed by atoms with Crippen molar-refractivity contribution in [2.75, 3.05) is 39.4 Å². The first kappa shape index (κ1) is 22.8. The SMILES string of the molecule is CCN(CC)CCCN1C(=O)C(=O)C(=C(O)c2ccc3c(c2)OCCO3)[C@@H]1c1ccncc1. The van der Waals surface area contributed by atoms with Gasteiger partial charge in [0.2, 0.25) is 0 Å². The van der Waals surface area contributed by atoms with Gasteiger partial charge in [0.15, 0.2) is 11.5 Å². The van der Waals surface area contributed by atoms with Crippen LogP contribution in [0.1, 0.15) is 37.4 Å². The van der Waals surface area contributed by atoms with E-state index in [-0.39, 0.29) is 11.3 Å². The number of amides is 1. The highest BCUT2D eigenvalue weighted by atomic mass is 16.6. The van der Waals surface area contributed by atoms with Gasteiger partial charge in [-0.3, -0.25) is 14.6 Å². The van der Waals surface area contributed by atoms with Crippen molar-refractivity contribution in [3.8, 4) is 11.5 Å². The van der Waals surface area contributed by atoms with Gasteiger partial charge in [0.25, 0.3) is 11.7 Å². The van der Waals surface area contributed by atoms with Crippen molar-refractivity contribution < 1.29 is 24.2 Å². The van der Waals surface area contributed by atoms with E-state index in [1.807, 2.05) is 0 Å². The summed E-state index contributed by atoms with van der Waals surface area (Å²) in [6, 6.07) is 7.86. The number of aromatic nitrogens is 1. The van der Waals surface area contributed by atoms with E-state index in [4.69, 9.17) is 9.47 Å². The number of carbonyl (C=O) groups excluding carboxylic acids is 2. The number of carbonyl (C=O) groups is 2. The number of pyridine rings is 1. The third kappa shape index (κ3) is 4.57. The van der Waals surface area contributed by atoms with Gasteiger partial charge < -0.3 is 24.4 Å². The van der Waals surface area contributed by atoms with Crippen molar-refractivity contribution in [3.63, 3.8) is 0 Å². The van der Waals surface area contributed by atoms with Gasteiger partial charge in [-0.2, -0.15) is 0 Å². The quantitative estimate of drug-likeness (QED) is 0.375. The van der Waals surface area contributed by atoms with E-state index in [0.29, 0.717) is 36.8 Å². The molecule has 4 rings (SSSR count). The maximum absolute atomic E-state index is 13.1. The summed E-state index contributed by atoms with van der Waals surface area (Å²) in [6.07, 6.45) is 3.96. The Morgan fingerprint density at radius 2 is 1.79 bits per heavy atom. The Labute approximate surface area is 193 Å². The molecule has 1 atom stereocenters. The van der Waals surface area contributed by atoms with Gasteiger partial charge in [-0.05, 0) is 62.0 Å². The van der Waals surface area contributed by atoms with Crippen molar-refractivity contribution in [1.82, 2.24) is 14.8 Å². The number of Topliss-reactive ketones (excluding diaryl/α,β-unsaturated/α-hetero) is 1. The number of ketones is 1. The van der Waals surface area contributed by atoms with Crippen LogP contribution in [0.25, 0.3) is 5.76 Å². The molecule has 0 spiro atoms. The van der Waals surface area contributed by atoms with E-state index >= 15 is 0 Å². The summed E-state index contributed by atoms with van der Waals surface area (Å²) in [4.78, 5) is 34.1. The predicted octanol–water partition coefficient (Wildman–Crippen LogP) is 3.01. The fraction of sp³-hybridized carbons (Fsp3) is 0.400. The Morgan fingerprint density at radius 3 is 2.48 bits per heavy atom.